The molecule has 0 N–H and O–H groups in total. The normalized spacial score (nSPS) is 11.6. The SMILES string of the molecule is CCCOc1ccc(N(CC)c2ncc(C(F)(F)F)c(OC(C)C)n2)cc1. The molecule has 5 nitrogen and oxygen atoms in total. The summed E-state index contributed by atoms with van der Waals surface area (Å²) < 4.78 is 50.4. The van der Waals surface area contributed by atoms with Gasteiger partial charge in [0.25, 0.3) is 0 Å². The molecule has 1 heterocycles. The number of hydrogen-bond acceptors (Lipinski definition) is 5. The van der Waals surface area contributed by atoms with Gasteiger partial charge < -0.3 is 14.4 Å². The number of benzene rings is 1. The van der Waals surface area contributed by atoms with E-state index in [9.17, 15) is 13.2 Å². The van der Waals surface area contributed by atoms with Crippen molar-refractivity contribution in [1.29, 1.82) is 0 Å². The van der Waals surface area contributed by atoms with Crippen LogP contribution in [0.3, 0.4) is 0 Å². The van der Waals surface area contributed by atoms with Gasteiger partial charge in [-0.3, -0.25) is 0 Å². The van der Waals surface area contributed by atoms with Crippen LogP contribution in [0, 0.1) is 0 Å². The van der Waals surface area contributed by atoms with E-state index in [-0.39, 0.29) is 5.95 Å². The molecule has 0 aliphatic heterocycles. The average Bonchev–Trinajstić information content (AvgIpc) is 2.60. The zero-order valence-electron chi connectivity index (χ0n) is 15.9. The van der Waals surface area contributed by atoms with Gasteiger partial charge in [-0.1, -0.05) is 6.92 Å². The molecule has 1 aromatic heterocycles. The summed E-state index contributed by atoms with van der Waals surface area (Å²) in [4.78, 5) is 9.66. The molecule has 0 atom stereocenters. The van der Waals surface area contributed by atoms with Crippen LogP contribution in [0.4, 0.5) is 24.8 Å². The van der Waals surface area contributed by atoms with Crippen LogP contribution in [-0.2, 0) is 6.18 Å². The summed E-state index contributed by atoms with van der Waals surface area (Å²) in [5.41, 5.74) is -0.240. The third-order valence-corrected chi connectivity index (χ3v) is 3.57. The van der Waals surface area contributed by atoms with Crippen molar-refractivity contribution < 1.29 is 22.6 Å². The number of hydrogen-bond donors (Lipinski definition) is 0. The van der Waals surface area contributed by atoms with Crippen LogP contribution in [0.25, 0.3) is 0 Å². The summed E-state index contributed by atoms with van der Waals surface area (Å²) in [6.45, 7) is 8.27. The summed E-state index contributed by atoms with van der Waals surface area (Å²) in [5.74, 6) is 0.404. The third-order valence-electron chi connectivity index (χ3n) is 3.57. The number of rotatable bonds is 8. The van der Waals surface area contributed by atoms with Crippen LogP contribution >= 0.6 is 0 Å². The molecule has 0 unspecified atom stereocenters. The predicted molar refractivity (Wildman–Crippen MR) is 97.7 cm³/mol. The quantitative estimate of drug-likeness (QED) is 0.625. The standard InChI is InChI=1S/C19H24F3N3O2/c1-5-11-26-15-9-7-14(8-10-15)25(6-2)18-23-12-16(19(20,21)22)17(24-18)27-13(3)4/h7-10,12-13H,5-6,11H2,1-4H3. The van der Waals surface area contributed by atoms with Crippen molar-refractivity contribution in [3.8, 4) is 11.6 Å². The van der Waals surface area contributed by atoms with E-state index >= 15 is 0 Å². The van der Waals surface area contributed by atoms with Gasteiger partial charge in [-0.15, -0.1) is 0 Å². The number of alkyl halides is 3. The summed E-state index contributed by atoms with van der Waals surface area (Å²) in [6.07, 6.45) is -3.36. The van der Waals surface area contributed by atoms with Gasteiger partial charge in [0.05, 0.1) is 12.7 Å². The largest absolute Gasteiger partial charge is 0.494 e. The second-order valence-electron chi connectivity index (χ2n) is 6.14. The molecule has 2 rings (SSSR count). The first-order valence-electron chi connectivity index (χ1n) is 8.87. The second kappa shape index (κ2) is 8.92. The molecule has 0 saturated heterocycles. The molecular weight excluding hydrogens is 359 g/mol. The highest BCUT2D eigenvalue weighted by atomic mass is 19.4. The topological polar surface area (TPSA) is 47.5 Å². The smallest absolute Gasteiger partial charge is 0.423 e. The van der Waals surface area contributed by atoms with E-state index < -0.39 is 23.7 Å². The minimum atomic E-state index is -4.59. The Bertz CT molecular complexity index is 734. The van der Waals surface area contributed by atoms with Crippen LogP contribution in [-0.4, -0.2) is 29.2 Å². The van der Waals surface area contributed by atoms with E-state index in [4.69, 9.17) is 9.47 Å². The van der Waals surface area contributed by atoms with Crippen molar-refractivity contribution in [3.05, 3.63) is 36.0 Å². The summed E-state index contributed by atoms with van der Waals surface area (Å²) >= 11 is 0. The summed E-state index contributed by atoms with van der Waals surface area (Å²) in [5, 5.41) is 0. The van der Waals surface area contributed by atoms with Crippen LogP contribution in [0.5, 0.6) is 11.6 Å². The van der Waals surface area contributed by atoms with Crippen molar-refractivity contribution in [2.75, 3.05) is 18.1 Å². The summed E-state index contributed by atoms with van der Waals surface area (Å²) in [7, 11) is 0. The maximum Gasteiger partial charge on any atom is 0.423 e. The van der Waals surface area contributed by atoms with Gasteiger partial charge in [0.15, 0.2) is 0 Å². The highest BCUT2D eigenvalue weighted by molar-refractivity contribution is 5.58. The molecular formula is C19H24F3N3O2. The molecule has 0 aliphatic rings. The molecule has 0 radical (unpaired) electrons. The molecule has 27 heavy (non-hydrogen) atoms. The van der Waals surface area contributed by atoms with E-state index in [2.05, 4.69) is 9.97 Å². The average molecular weight is 383 g/mol. The number of halogens is 3. The van der Waals surface area contributed by atoms with Crippen molar-refractivity contribution in [2.45, 2.75) is 46.4 Å². The fourth-order valence-corrected chi connectivity index (χ4v) is 2.38. The Hall–Kier alpha value is -2.51. The van der Waals surface area contributed by atoms with E-state index in [0.717, 1.165) is 24.1 Å². The molecule has 0 saturated carbocycles. The van der Waals surface area contributed by atoms with Gasteiger partial charge in [0.2, 0.25) is 11.8 Å². The molecule has 0 fully saturated rings. The van der Waals surface area contributed by atoms with E-state index in [1.54, 1.807) is 18.7 Å². The Morgan fingerprint density at radius 3 is 2.30 bits per heavy atom. The highest BCUT2D eigenvalue weighted by Gasteiger charge is 2.37. The number of aromatic nitrogens is 2. The molecule has 0 bridgehead atoms. The van der Waals surface area contributed by atoms with Gasteiger partial charge in [0.1, 0.15) is 11.3 Å². The molecule has 0 amide bonds. The molecule has 2 aromatic rings. The van der Waals surface area contributed by atoms with Crippen molar-refractivity contribution >= 4 is 11.6 Å². The minimum absolute atomic E-state index is 0.142. The molecule has 0 spiro atoms. The molecule has 0 aliphatic carbocycles. The summed E-state index contributed by atoms with van der Waals surface area (Å²) in [6, 6.07) is 7.25. The molecule has 8 heteroatoms. The monoisotopic (exact) mass is 383 g/mol. The van der Waals surface area contributed by atoms with Gasteiger partial charge >= 0.3 is 6.18 Å². The Balaban J connectivity index is 2.35. The van der Waals surface area contributed by atoms with Gasteiger partial charge in [-0.2, -0.15) is 18.2 Å². The van der Waals surface area contributed by atoms with Gasteiger partial charge in [0, 0.05) is 18.4 Å². The lowest BCUT2D eigenvalue weighted by atomic mass is 10.2. The third kappa shape index (κ3) is 5.48. The predicted octanol–water partition coefficient (Wildman–Crippen LogP) is 5.23. The van der Waals surface area contributed by atoms with Gasteiger partial charge in [-0.25, -0.2) is 4.98 Å². The Labute approximate surface area is 157 Å². The van der Waals surface area contributed by atoms with Crippen LogP contribution in [0.15, 0.2) is 30.5 Å². The van der Waals surface area contributed by atoms with E-state index in [0.29, 0.717) is 13.2 Å². The van der Waals surface area contributed by atoms with E-state index in [1.807, 2.05) is 38.1 Å². The maximum absolute atomic E-state index is 13.2. The first kappa shape index (κ1) is 20.8. The lowest BCUT2D eigenvalue weighted by molar-refractivity contribution is -0.139. The molecule has 148 valence electrons. The van der Waals surface area contributed by atoms with Crippen molar-refractivity contribution in [1.82, 2.24) is 9.97 Å². The lowest BCUT2D eigenvalue weighted by Gasteiger charge is -2.23. The maximum atomic E-state index is 13.2. The first-order valence-corrected chi connectivity index (χ1v) is 8.87. The highest BCUT2D eigenvalue weighted by Crippen LogP contribution is 2.36. The zero-order valence-corrected chi connectivity index (χ0v) is 15.9. The Morgan fingerprint density at radius 2 is 1.78 bits per heavy atom. The fourth-order valence-electron chi connectivity index (χ4n) is 2.38. The number of nitrogens with zero attached hydrogens (tertiary/aromatic N) is 3. The second-order valence-corrected chi connectivity index (χ2v) is 6.14. The van der Waals surface area contributed by atoms with Crippen LogP contribution in [0.2, 0.25) is 0 Å². The molecule has 1 aromatic carbocycles. The lowest BCUT2D eigenvalue weighted by Crippen LogP contribution is -2.21. The first-order chi connectivity index (χ1) is 12.8. The zero-order chi connectivity index (χ0) is 20.0. The Kier molecular flexibility index (Phi) is 6.87. The number of ether oxygens (including phenoxy) is 2. The Morgan fingerprint density at radius 1 is 1.11 bits per heavy atom. The van der Waals surface area contributed by atoms with Crippen LogP contribution in [0.1, 0.15) is 39.7 Å². The fraction of sp³-hybridized carbons (Fsp3) is 0.474. The van der Waals surface area contributed by atoms with Crippen LogP contribution < -0.4 is 14.4 Å². The van der Waals surface area contributed by atoms with Crippen molar-refractivity contribution in [2.24, 2.45) is 0 Å². The van der Waals surface area contributed by atoms with Crippen molar-refractivity contribution in [3.63, 3.8) is 0 Å². The number of anilines is 2. The minimum Gasteiger partial charge on any atom is -0.494 e. The van der Waals surface area contributed by atoms with Gasteiger partial charge in [-0.05, 0) is 51.5 Å². The van der Waals surface area contributed by atoms with E-state index in [1.165, 1.54) is 0 Å².